The second kappa shape index (κ2) is 6.99. The van der Waals surface area contributed by atoms with Crippen molar-refractivity contribution in [3.8, 4) is 5.75 Å². The van der Waals surface area contributed by atoms with E-state index in [1.807, 2.05) is 0 Å². The topological polar surface area (TPSA) is 63.2 Å². The molecule has 0 saturated heterocycles. The second-order valence-corrected chi connectivity index (χ2v) is 4.54. The summed E-state index contributed by atoms with van der Waals surface area (Å²) in [5.74, 6) is 0.0526. The van der Waals surface area contributed by atoms with Gasteiger partial charge >= 0.3 is 12.2 Å². The van der Waals surface area contributed by atoms with E-state index in [1.165, 1.54) is 13.2 Å². The molecule has 1 heterocycles. The van der Waals surface area contributed by atoms with Gasteiger partial charge in [-0.1, -0.05) is 6.07 Å². The minimum Gasteiger partial charge on any atom is -0.497 e. The number of ether oxygens (including phenoxy) is 1. The van der Waals surface area contributed by atoms with Crippen molar-refractivity contribution in [1.82, 2.24) is 10.3 Å². The van der Waals surface area contributed by atoms with E-state index in [-0.39, 0.29) is 18.0 Å². The Kier molecular flexibility index (Phi) is 5.05. The first-order valence-electron chi connectivity index (χ1n) is 6.60. The van der Waals surface area contributed by atoms with Gasteiger partial charge in [-0.25, -0.2) is 4.79 Å². The maximum Gasteiger partial charge on any atom is 0.418 e. The van der Waals surface area contributed by atoms with Gasteiger partial charge in [-0.05, 0) is 30.3 Å². The number of aromatic nitrogens is 1. The normalized spacial score (nSPS) is 11.0. The van der Waals surface area contributed by atoms with Crippen LogP contribution < -0.4 is 15.4 Å². The van der Waals surface area contributed by atoms with E-state index < -0.39 is 17.8 Å². The molecule has 1 aromatic heterocycles. The van der Waals surface area contributed by atoms with Crippen molar-refractivity contribution in [1.29, 1.82) is 0 Å². The molecule has 1 aromatic carbocycles. The highest BCUT2D eigenvalue weighted by Crippen LogP contribution is 2.37. The Morgan fingerprint density at radius 2 is 2.04 bits per heavy atom. The second-order valence-electron chi connectivity index (χ2n) is 4.54. The summed E-state index contributed by atoms with van der Waals surface area (Å²) in [4.78, 5) is 15.8. The van der Waals surface area contributed by atoms with Crippen molar-refractivity contribution in [3.05, 3.63) is 53.9 Å². The molecular formula is C15H14F3N3O2. The van der Waals surface area contributed by atoms with Crippen LogP contribution in [0.5, 0.6) is 5.75 Å². The molecule has 5 nitrogen and oxygen atoms in total. The standard InChI is InChI=1S/C15H14F3N3O2/c1-23-11-5-6-13(12(8-11)15(16,17)18)21-14(22)20-9-10-4-2-3-7-19-10/h2-8H,9H2,1H3,(H2,20,21,22). The largest absolute Gasteiger partial charge is 0.497 e. The summed E-state index contributed by atoms with van der Waals surface area (Å²) in [5, 5.41) is 4.63. The van der Waals surface area contributed by atoms with E-state index in [9.17, 15) is 18.0 Å². The molecule has 0 unspecified atom stereocenters. The quantitative estimate of drug-likeness (QED) is 0.905. The van der Waals surface area contributed by atoms with Crippen LogP contribution in [0.2, 0.25) is 0 Å². The van der Waals surface area contributed by atoms with Gasteiger partial charge in [0.2, 0.25) is 0 Å². The Balaban J connectivity index is 2.08. The Morgan fingerprint density at radius 1 is 1.26 bits per heavy atom. The third-order valence-electron chi connectivity index (χ3n) is 2.94. The first-order valence-corrected chi connectivity index (χ1v) is 6.60. The van der Waals surface area contributed by atoms with E-state index in [0.29, 0.717) is 5.69 Å². The fraction of sp³-hybridized carbons (Fsp3) is 0.200. The summed E-state index contributed by atoms with van der Waals surface area (Å²) in [5.41, 5.74) is -0.741. The number of benzene rings is 1. The van der Waals surface area contributed by atoms with Gasteiger partial charge in [-0.2, -0.15) is 13.2 Å². The van der Waals surface area contributed by atoms with Gasteiger partial charge in [-0.15, -0.1) is 0 Å². The molecular weight excluding hydrogens is 311 g/mol. The minimum absolute atomic E-state index is 0.0526. The molecule has 0 saturated carbocycles. The average molecular weight is 325 g/mol. The molecule has 0 bridgehead atoms. The third kappa shape index (κ3) is 4.60. The summed E-state index contributed by atoms with van der Waals surface area (Å²) >= 11 is 0. The Labute approximate surface area is 130 Å². The number of methoxy groups -OCH3 is 1. The van der Waals surface area contributed by atoms with E-state index >= 15 is 0 Å². The summed E-state index contributed by atoms with van der Waals surface area (Å²) in [6, 6.07) is 7.70. The number of alkyl halides is 3. The highest BCUT2D eigenvalue weighted by Gasteiger charge is 2.34. The number of carbonyl (C=O) groups excluding carboxylic acids is 1. The van der Waals surface area contributed by atoms with Crippen LogP contribution in [0.15, 0.2) is 42.6 Å². The zero-order valence-corrected chi connectivity index (χ0v) is 12.1. The molecule has 0 spiro atoms. The summed E-state index contributed by atoms with van der Waals surface area (Å²) in [6.45, 7) is 0.101. The van der Waals surface area contributed by atoms with Gasteiger partial charge < -0.3 is 15.4 Å². The Morgan fingerprint density at radius 3 is 2.65 bits per heavy atom. The van der Waals surface area contributed by atoms with Crippen LogP contribution in [0, 0.1) is 0 Å². The first-order chi connectivity index (χ1) is 10.9. The number of nitrogens with zero attached hydrogens (tertiary/aromatic N) is 1. The highest BCUT2D eigenvalue weighted by atomic mass is 19.4. The molecule has 2 amide bonds. The highest BCUT2D eigenvalue weighted by molar-refractivity contribution is 5.90. The summed E-state index contributed by atoms with van der Waals surface area (Å²) in [6.07, 6.45) is -3.06. The van der Waals surface area contributed by atoms with Gasteiger partial charge in [0, 0.05) is 6.20 Å². The van der Waals surface area contributed by atoms with Crippen molar-refractivity contribution < 1.29 is 22.7 Å². The monoisotopic (exact) mass is 325 g/mol. The fourth-order valence-corrected chi connectivity index (χ4v) is 1.83. The molecule has 0 aliphatic heterocycles. The smallest absolute Gasteiger partial charge is 0.418 e. The molecule has 0 fully saturated rings. The van der Waals surface area contributed by atoms with Gasteiger partial charge in [0.25, 0.3) is 0 Å². The minimum atomic E-state index is -4.61. The fourth-order valence-electron chi connectivity index (χ4n) is 1.83. The molecule has 2 N–H and O–H groups in total. The molecule has 122 valence electrons. The lowest BCUT2D eigenvalue weighted by Gasteiger charge is -2.15. The molecule has 2 aromatic rings. The average Bonchev–Trinajstić information content (AvgIpc) is 2.53. The van der Waals surface area contributed by atoms with E-state index in [2.05, 4.69) is 15.6 Å². The van der Waals surface area contributed by atoms with Crippen molar-refractivity contribution in [2.75, 3.05) is 12.4 Å². The molecule has 0 radical (unpaired) electrons. The van der Waals surface area contributed by atoms with Crippen molar-refractivity contribution in [2.45, 2.75) is 12.7 Å². The van der Waals surface area contributed by atoms with E-state index in [0.717, 1.165) is 12.1 Å². The number of rotatable bonds is 4. The number of amides is 2. The number of halogens is 3. The molecule has 0 aliphatic carbocycles. The van der Waals surface area contributed by atoms with Gasteiger partial charge in [0.1, 0.15) is 5.75 Å². The Hall–Kier alpha value is -2.77. The number of carbonyl (C=O) groups is 1. The molecule has 0 aliphatic rings. The number of hydrogen-bond donors (Lipinski definition) is 2. The maximum absolute atomic E-state index is 13.0. The maximum atomic E-state index is 13.0. The zero-order chi connectivity index (χ0) is 16.9. The molecule has 23 heavy (non-hydrogen) atoms. The van der Waals surface area contributed by atoms with Crippen LogP contribution in [-0.2, 0) is 12.7 Å². The molecule has 2 rings (SSSR count). The van der Waals surface area contributed by atoms with Gasteiger partial charge in [0.05, 0.1) is 30.6 Å². The number of nitrogens with one attached hydrogen (secondary N) is 2. The zero-order valence-electron chi connectivity index (χ0n) is 12.1. The van der Waals surface area contributed by atoms with Crippen molar-refractivity contribution >= 4 is 11.7 Å². The number of hydrogen-bond acceptors (Lipinski definition) is 3. The summed E-state index contributed by atoms with van der Waals surface area (Å²) < 4.78 is 43.9. The lowest BCUT2D eigenvalue weighted by molar-refractivity contribution is -0.137. The van der Waals surface area contributed by atoms with Crippen LogP contribution in [0.4, 0.5) is 23.7 Å². The number of pyridine rings is 1. The van der Waals surface area contributed by atoms with Crippen LogP contribution in [-0.4, -0.2) is 18.1 Å². The van der Waals surface area contributed by atoms with Crippen LogP contribution in [0.25, 0.3) is 0 Å². The predicted molar refractivity (Wildman–Crippen MR) is 78.1 cm³/mol. The van der Waals surface area contributed by atoms with Crippen molar-refractivity contribution in [3.63, 3.8) is 0 Å². The van der Waals surface area contributed by atoms with E-state index in [4.69, 9.17) is 4.74 Å². The first kappa shape index (κ1) is 16.6. The number of urea groups is 1. The number of anilines is 1. The van der Waals surface area contributed by atoms with Gasteiger partial charge in [-0.3, -0.25) is 4.98 Å². The van der Waals surface area contributed by atoms with Crippen molar-refractivity contribution in [2.24, 2.45) is 0 Å². The van der Waals surface area contributed by atoms with E-state index in [1.54, 1.807) is 24.4 Å². The van der Waals surface area contributed by atoms with Crippen LogP contribution in [0.1, 0.15) is 11.3 Å². The molecule has 0 atom stereocenters. The summed E-state index contributed by atoms with van der Waals surface area (Å²) in [7, 11) is 1.27. The molecule has 8 heteroatoms. The van der Waals surface area contributed by atoms with Gasteiger partial charge in [0.15, 0.2) is 0 Å². The lowest BCUT2D eigenvalue weighted by Crippen LogP contribution is -2.29. The van der Waals surface area contributed by atoms with Crippen LogP contribution in [0.3, 0.4) is 0 Å². The Bertz CT molecular complexity index is 675. The SMILES string of the molecule is COc1ccc(NC(=O)NCc2ccccn2)c(C(F)(F)F)c1. The van der Waals surface area contributed by atoms with Crippen LogP contribution >= 0.6 is 0 Å². The lowest BCUT2D eigenvalue weighted by atomic mass is 10.1. The predicted octanol–water partition coefficient (Wildman–Crippen LogP) is 3.43. The third-order valence-corrected chi connectivity index (χ3v) is 2.94.